The normalized spacial score (nSPS) is 13.9. The molecule has 0 unspecified atom stereocenters. The number of rotatable bonds is 0. The first kappa shape index (κ1) is 12.9. The van der Waals surface area contributed by atoms with E-state index >= 15 is 0 Å². The van der Waals surface area contributed by atoms with Crippen LogP contribution in [0.4, 0.5) is 0 Å². The third kappa shape index (κ3) is 4.60. The van der Waals surface area contributed by atoms with E-state index < -0.39 is 0 Å². The summed E-state index contributed by atoms with van der Waals surface area (Å²) >= 11 is 0. The van der Waals surface area contributed by atoms with Crippen LogP contribution in [-0.4, -0.2) is 5.90 Å². The first-order valence-electron chi connectivity index (χ1n) is 1.91. The monoisotopic (exact) mass is 275 g/mol. The molecule has 0 spiro atoms. The standard InChI is InChI=1S/C4H5N2O.2Y/c1-3-5-6-4(2)7-3;;/h1H2,2H3;;/q-1;;. The van der Waals surface area contributed by atoms with Gasteiger partial charge in [0.25, 0.3) is 0 Å². The summed E-state index contributed by atoms with van der Waals surface area (Å²) in [5, 5.41) is 3.54. The molecule has 1 aliphatic heterocycles. The molecule has 0 atom stereocenters. The van der Waals surface area contributed by atoms with Crippen molar-refractivity contribution < 1.29 is 70.2 Å². The molecule has 1 rings (SSSR count). The maximum atomic E-state index is 4.75. The summed E-state index contributed by atoms with van der Waals surface area (Å²) in [7, 11) is 0. The Kier molecular flexibility index (Phi) is 8.52. The van der Waals surface area contributed by atoms with Crippen molar-refractivity contribution in [2.45, 2.75) is 6.92 Å². The second kappa shape index (κ2) is 5.96. The third-order valence-corrected chi connectivity index (χ3v) is 0.568. The van der Waals surface area contributed by atoms with Gasteiger partial charge in [0.1, 0.15) is 0 Å². The van der Waals surface area contributed by atoms with E-state index in [9.17, 15) is 0 Å². The van der Waals surface area contributed by atoms with Crippen molar-refractivity contribution in [1.82, 2.24) is 0 Å². The quantitative estimate of drug-likeness (QED) is 0.654. The summed E-state index contributed by atoms with van der Waals surface area (Å²) in [4.78, 5) is 0. The fraction of sp³-hybridized carbons (Fsp3) is 0.250. The minimum Gasteiger partial charge on any atom is -0.542 e. The molecule has 0 aromatic heterocycles. The van der Waals surface area contributed by atoms with Gasteiger partial charge < -0.3 is 15.3 Å². The maximum absolute atomic E-state index is 4.75. The number of ether oxygens (including phenoxy) is 1. The molecule has 1 heterocycles. The van der Waals surface area contributed by atoms with Crippen LogP contribution in [0.25, 0.3) is 5.43 Å². The molecule has 0 bridgehead atoms. The molecular formula is C4H5N2OY2-. The van der Waals surface area contributed by atoms with Crippen LogP contribution in [0.3, 0.4) is 0 Å². The van der Waals surface area contributed by atoms with Crippen molar-refractivity contribution >= 4 is 5.90 Å². The minimum absolute atomic E-state index is 0. The molecule has 0 saturated carbocycles. The second-order valence-corrected chi connectivity index (χ2v) is 1.21. The van der Waals surface area contributed by atoms with Crippen LogP contribution in [-0.2, 0) is 70.2 Å². The van der Waals surface area contributed by atoms with Crippen LogP contribution in [0.1, 0.15) is 6.92 Å². The summed E-state index contributed by atoms with van der Waals surface area (Å²) in [6.07, 6.45) is 0. The van der Waals surface area contributed by atoms with Gasteiger partial charge in [-0.1, -0.05) is 6.58 Å². The van der Waals surface area contributed by atoms with Crippen molar-refractivity contribution in [2.75, 3.05) is 0 Å². The van der Waals surface area contributed by atoms with Crippen molar-refractivity contribution in [3.63, 3.8) is 0 Å². The van der Waals surface area contributed by atoms with Crippen molar-refractivity contribution in [3.05, 3.63) is 17.9 Å². The van der Waals surface area contributed by atoms with Gasteiger partial charge in [-0.3, -0.25) is 0 Å². The first-order chi connectivity index (χ1) is 3.29. The van der Waals surface area contributed by atoms with E-state index in [-0.39, 0.29) is 65.4 Å². The van der Waals surface area contributed by atoms with E-state index in [4.69, 9.17) is 4.74 Å². The molecule has 0 aliphatic carbocycles. The van der Waals surface area contributed by atoms with E-state index in [1.54, 1.807) is 6.92 Å². The molecular weight excluding hydrogens is 270 g/mol. The molecule has 0 N–H and O–H groups in total. The predicted octanol–water partition coefficient (Wildman–Crippen LogP) is 1.19. The number of nitrogens with zero attached hydrogens (tertiary/aromatic N) is 2. The smallest absolute Gasteiger partial charge is 0.170 e. The van der Waals surface area contributed by atoms with Crippen molar-refractivity contribution in [1.29, 1.82) is 0 Å². The number of hydrogen-bond donors (Lipinski definition) is 0. The van der Waals surface area contributed by atoms with Crippen LogP contribution in [0.15, 0.2) is 17.6 Å². The summed E-state index contributed by atoms with van der Waals surface area (Å²) in [5.74, 6) is 0.933. The molecule has 0 aromatic carbocycles. The van der Waals surface area contributed by atoms with Gasteiger partial charge in [-0.15, -0.1) is 0 Å². The minimum atomic E-state index is 0. The fourth-order valence-electron chi connectivity index (χ4n) is 0.338. The third-order valence-electron chi connectivity index (χ3n) is 0.568. The largest absolute Gasteiger partial charge is 0.542 e. The molecule has 3 nitrogen and oxygen atoms in total. The molecule has 0 saturated heterocycles. The van der Waals surface area contributed by atoms with Gasteiger partial charge in [0.15, 0.2) is 5.90 Å². The average Bonchev–Trinajstić information content (AvgIpc) is 1.87. The Morgan fingerprint density at radius 3 is 2.22 bits per heavy atom. The Labute approximate surface area is 104 Å². The van der Waals surface area contributed by atoms with Crippen LogP contribution in [0.2, 0.25) is 0 Å². The first-order valence-corrected chi connectivity index (χ1v) is 1.91. The summed E-state index contributed by atoms with van der Waals surface area (Å²) in [6.45, 7) is 5.12. The molecule has 1 aliphatic rings. The fourth-order valence-corrected chi connectivity index (χ4v) is 0.338. The Hall–Kier alpha value is 1.22. The molecule has 2 radical (unpaired) electrons. The Balaban J connectivity index is 0. The molecule has 44 valence electrons. The van der Waals surface area contributed by atoms with Gasteiger partial charge in [-0.2, -0.15) is 0 Å². The molecule has 0 fully saturated rings. The van der Waals surface area contributed by atoms with Gasteiger partial charge in [-0.25, -0.2) is 0 Å². The maximum Gasteiger partial charge on any atom is 0.170 e. The zero-order valence-electron chi connectivity index (χ0n) is 5.16. The molecule has 5 heteroatoms. The van der Waals surface area contributed by atoms with Crippen LogP contribution >= 0.6 is 0 Å². The Morgan fingerprint density at radius 2 is 2.11 bits per heavy atom. The predicted molar refractivity (Wildman–Crippen MR) is 26.7 cm³/mol. The van der Waals surface area contributed by atoms with E-state index in [0.29, 0.717) is 11.8 Å². The van der Waals surface area contributed by atoms with Gasteiger partial charge >= 0.3 is 0 Å². The average molecular weight is 275 g/mol. The van der Waals surface area contributed by atoms with Crippen molar-refractivity contribution in [3.8, 4) is 0 Å². The van der Waals surface area contributed by atoms with E-state index in [1.165, 1.54) is 0 Å². The summed E-state index contributed by atoms with van der Waals surface area (Å²) in [6, 6.07) is 0. The summed E-state index contributed by atoms with van der Waals surface area (Å²) < 4.78 is 4.75. The topological polar surface area (TPSA) is 35.7 Å². The molecule has 0 aromatic rings. The van der Waals surface area contributed by atoms with Crippen LogP contribution in [0.5, 0.6) is 0 Å². The van der Waals surface area contributed by atoms with E-state index in [2.05, 4.69) is 17.1 Å². The molecule has 0 amide bonds. The van der Waals surface area contributed by atoms with Gasteiger partial charge in [0.05, 0.1) is 0 Å². The second-order valence-electron chi connectivity index (χ2n) is 1.21. The van der Waals surface area contributed by atoms with Crippen molar-refractivity contribution in [2.24, 2.45) is 5.10 Å². The zero-order valence-corrected chi connectivity index (χ0v) is 10.8. The van der Waals surface area contributed by atoms with Gasteiger partial charge in [0.2, 0.25) is 0 Å². The summed E-state index contributed by atoms with van der Waals surface area (Å²) in [5.41, 5.74) is 3.49. The zero-order chi connectivity index (χ0) is 5.28. The van der Waals surface area contributed by atoms with Crippen LogP contribution in [0, 0.1) is 0 Å². The van der Waals surface area contributed by atoms with E-state index in [1.807, 2.05) is 0 Å². The SMILES string of the molecule is C=C1[N-]N=C(C)O1.[Y].[Y]. The van der Waals surface area contributed by atoms with E-state index in [0.717, 1.165) is 0 Å². The Morgan fingerprint density at radius 1 is 1.56 bits per heavy atom. The Bertz CT molecular complexity index is 135. The van der Waals surface area contributed by atoms with Gasteiger partial charge in [0, 0.05) is 78.2 Å². The number of hydrogen-bond acceptors (Lipinski definition) is 2. The molecule has 9 heavy (non-hydrogen) atoms. The van der Waals surface area contributed by atoms with Crippen LogP contribution < -0.4 is 0 Å². The van der Waals surface area contributed by atoms with Gasteiger partial charge in [-0.05, 0) is 0 Å².